The van der Waals surface area contributed by atoms with Gasteiger partial charge < -0.3 is 15.5 Å². The number of aromatic amines is 1. The van der Waals surface area contributed by atoms with E-state index in [9.17, 15) is 0 Å². The van der Waals surface area contributed by atoms with Crippen LogP contribution in [-0.4, -0.2) is 16.6 Å². The van der Waals surface area contributed by atoms with Gasteiger partial charge in [0.25, 0.3) is 0 Å². The van der Waals surface area contributed by atoms with Crippen LogP contribution in [0.15, 0.2) is 30.3 Å². The molecular weight excluding hydrogens is 274 g/mol. The lowest BCUT2D eigenvalue weighted by atomic mass is 10.1. The Morgan fingerprint density at radius 3 is 2.64 bits per heavy atom. The molecule has 1 aromatic heterocycles. The first-order chi connectivity index (χ1) is 10.6. The number of anilines is 1. The number of nitrogen functional groups attached to an aromatic ring is 1. The van der Waals surface area contributed by atoms with Gasteiger partial charge in [-0.3, -0.25) is 0 Å². The van der Waals surface area contributed by atoms with Gasteiger partial charge in [-0.05, 0) is 61.7 Å². The molecular formula is C18H21N3O. The second-order valence-electron chi connectivity index (χ2n) is 5.64. The van der Waals surface area contributed by atoms with Crippen LogP contribution >= 0.6 is 0 Å². The molecule has 2 aromatic carbocycles. The van der Waals surface area contributed by atoms with Gasteiger partial charge >= 0.3 is 0 Å². The highest BCUT2D eigenvalue weighted by Crippen LogP contribution is 2.29. The first kappa shape index (κ1) is 14.4. The molecule has 0 amide bonds. The minimum atomic E-state index is 0.638. The van der Waals surface area contributed by atoms with Gasteiger partial charge in [0, 0.05) is 5.56 Å². The average molecular weight is 295 g/mol. The Hall–Kier alpha value is -2.49. The lowest BCUT2D eigenvalue weighted by Crippen LogP contribution is -1.99. The van der Waals surface area contributed by atoms with Crippen LogP contribution in [0.2, 0.25) is 0 Å². The highest BCUT2D eigenvalue weighted by Gasteiger charge is 2.09. The highest BCUT2D eigenvalue weighted by molar-refractivity contribution is 5.81. The van der Waals surface area contributed by atoms with Crippen LogP contribution in [0, 0.1) is 13.8 Å². The van der Waals surface area contributed by atoms with Crippen molar-refractivity contribution in [1.82, 2.24) is 9.97 Å². The van der Waals surface area contributed by atoms with Gasteiger partial charge in [-0.25, -0.2) is 4.98 Å². The van der Waals surface area contributed by atoms with Crippen molar-refractivity contribution in [2.45, 2.75) is 27.2 Å². The minimum Gasteiger partial charge on any atom is -0.491 e. The summed E-state index contributed by atoms with van der Waals surface area (Å²) in [5, 5.41) is 0. The van der Waals surface area contributed by atoms with Gasteiger partial charge in [0.1, 0.15) is 11.6 Å². The fourth-order valence-electron chi connectivity index (χ4n) is 2.45. The normalized spacial score (nSPS) is 11.0. The number of aromatic nitrogens is 2. The monoisotopic (exact) mass is 295 g/mol. The molecule has 114 valence electrons. The van der Waals surface area contributed by atoms with Crippen molar-refractivity contribution in [3.8, 4) is 17.1 Å². The summed E-state index contributed by atoms with van der Waals surface area (Å²) in [4.78, 5) is 8.03. The number of hydrogen-bond acceptors (Lipinski definition) is 3. The Balaban J connectivity index is 1.98. The van der Waals surface area contributed by atoms with Gasteiger partial charge in [0.05, 0.1) is 23.3 Å². The van der Waals surface area contributed by atoms with E-state index in [2.05, 4.69) is 42.9 Å². The summed E-state index contributed by atoms with van der Waals surface area (Å²) in [5.74, 6) is 1.56. The lowest BCUT2D eigenvalue weighted by Gasteiger charge is -2.08. The van der Waals surface area contributed by atoms with Crippen molar-refractivity contribution in [2.24, 2.45) is 0 Å². The molecule has 0 fully saturated rings. The molecule has 0 saturated carbocycles. The summed E-state index contributed by atoms with van der Waals surface area (Å²) in [6, 6.07) is 10.0. The first-order valence-corrected chi connectivity index (χ1v) is 7.58. The Morgan fingerprint density at radius 1 is 1.14 bits per heavy atom. The molecule has 0 unspecified atom stereocenters. The topological polar surface area (TPSA) is 63.9 Å². The largest absolute Gasteiger partial charge is 0.491 e. The fraction of sp³-hybridized carbons (Fsp3) is 0.278. The number of nitrogens with one attached hydrogen (secondary N) is 1. The molecule has 4 heteroatoms. The summed E-state index contributed by atoms with van der Waals surface area (Å²) < 4.78 is 5.61. The Morgan fingerprint density at radius 2 is 1.91 bits per heavy atom. The van der Waals surface area contributed by atoms with Crippen LogP contribution in [0.4, 0.5) is 5.69 Å². The number of benzene rings is 2. The average Bonchev–Trinajstić information content (AvgIpc) is 2.89. The van der Waals surface area contributed by atoms with Crippen LogP contribution in [0.1, 0.15) is 24.5 Å². The maximum atomic E-state index is 6.08. The molecule has 0 aliphatic rings. The molecule has 0 bridgehead atoms. The van der Waals surface area contributed by atoms with E-state index in [4.69, 9.17) is 10.5 Å². The zero-order chi connectivity index (χ0) is 15.7. The summed E-state index contributed by atoms with van der Waals surface area (Å²) >= 11 is 0. The third kappa shape index (κ3) is 2.64. The van der Waals surface area contributed by atoms with E-state index in [1.54, 1.807) is 0 Å². The zero-order valence-corrected chi connectivity index (χ0v) is 13.2. The number of imidazole rings is 1. The van der Waals surface area contributed by atoms with E-state index in [1.165, 1.54) is 11.1 Å². The smallest absolute Gasteiger partial charge is 0.142 e. The van der Waals surface area contributed by atoms with Crippen LogP contribution in [0.3, 0.4) is 0 Å². The Labute approximate surface area is 130 Å². The molecule has 1 heterocycles. The third-order valence-electron chi connectivity index (χ3n) is 3.84. The van der Waals surface area contributed by atoms with Crippen molar-refractivity contribution >= 4 is 16.7 Å². The number of rotatable bonds is 4. The van der Waals surface area contributed by atoms with Crippen molar-refractivity contribution in [3.05, 3.63) is 41.5 Å². The molecule has 3 N–H and O–H groups in total. The van der Waals surface area contributed by atoms with E-state index < -0.39 is 0 Å². The number of fused-ring (bicyclic) bond motifs is 1. The van der Waals surface area contributed by atoms with E-state index in [-0.39, 0.29) is 0 Å². The van der Waals surface area contributed by atoms with Crippen LogP contribution in [0.5, 0.6) is 5.75 Å². The zero-order valence-electron chi connectivity index (χ0n) is 13.2. The Bertz CT molecular complexity index is 782. The van der Waals surface area contributed by atoms with Crippen LogP contribution in [-0.2, 0) is 0 Å². The van der Waals surface area contributed by atoms with Gasteiger partial charge in [-0.2, -0.15) is 0 Å². The number of nitrogens with zero attached hydrogens (tertiary/aromatic N) is 1. The second-order valence-corrected chi connectivity index (χ2v) is 5.64. The molecule has 0 spiro atoms. The third-order valence-corrected chi connectivity index (χ3v) is 3.84. The van der Waals surface area contributed by atoms with Crippen molar-refractivity contribution in [1.29, 1.82) is 0 Å². The second kappa shape index (κ2) is 5.72. The number of ether oxygens (including phenoxy) is 1. The SMILES string of the molecule is CCCOc1ccc(-c2nc3cc(C)c(C)cc3[nH]2)cc1N. The van der Waals surface area contributed by atoms with Gasteiger partial charge in [-0.1, -0.05) is 6.92 Å². The quantitative estimate of drug-likeness (QED) is 0.708. The molecule has 0 aliphatic carbocycles. The summed E-state index contributed by atoms with van der Waals surface area (Å²) in [7, 11) is 0. The van der Waals surface area contributed by atoms with E-state index >= 15 is 0 Å². The van der Waals surface area contributed by atoms with Crippen molar-refractivity contribution in [3.63, 3.8) is 0 Å². The molecule has 0 radical (unpaired) electrons. The van der Waals surface area contributed by atoms with Crippen LogP contribution in [0.25, 0.3) is 22.4 Å². The predicted octanol–water partition coefficient (Wildman–Crippen LogP) is 4.22. The summed E-state index contributed by atoms with van der Waals surface area (Å²) in [6.07, 6.45) is 0.962. The predicted molar refractivity (Wildman–Crippen MR) is 91.2 cm³/mol. The van der Waals surface area contributed by atoms with Crippen molar-refractivity contribution < 1.29 is 4.74 Å². The highest BCUT2D eigenvalue weighted by atomic mass is 16.5. The maximum Gasteiger partial charge on any atom is 0.142 e. The van der Waals surface area contributed by atoms with Gasteiger partial charge in [-0.15, -0.1) is 0 Å². The van der Waals surface area contributed by atoms with Crippen molar-refractivity contribution in [2.75, 3.05) is 12.3 Å². The van der Waals surface area contributed by atoms with E-state index in [1.807, 2.05) is 18.2 Å². The number of H-pyrrole nitrogens is 1. The molecule has 0 atom stereocenters. The number of nitrogens with two attached hydrogens (primary N) is 1. The van der Waals surface area contributed by atoms with Crippen LogP contribution < -0.4 is 10.5 Å². The molecule has 3 rings (SSSR count). The molecule has 0 saturated heterocycles. The molecule has 0 aliphatic heterocycles. The minimum absolute atomic E-state index is 0.638. The number of aryl methyl sites for hydroxylation is 2. The lowest BCUT2D eigenvalue weighted by molar-refractivity contribution is 0.319. The Kier molecular flexibility index (Phi) is 3.75. The first-order valence-electron chi connectivity index (χ1n) is 7.58. The van der Waals surface area contributed by atoms with E-state index in [0.29, 0.717) is 12.3 Å². The van der Waals surface area contributed by atoms with Gasteiger partial charge in [0.2, 0.25) is 0 Å². The maximum absolute atomic E-state index is 6.08. The standard InChI is InChI=1S/C18H21N3O/c1-4-7-22-17-6-5-13(10-14(17)19)18-20-15-8-11(2)12(3)9-16(15)21-18/h5-6,8-10H,4,7,19H2,1-3H3,(H,20,21). The summed E-state index contributed by atoms with van der Waals surface area (Å²) in [5.41, 5.74) is 12.2. The molecule has 22 heavy (non-hydrogen) atoms. The molecule has 4 nitrogen and oxygen atoms in total. The molecule has 3 aromatic rings. The number of hydrogen-bond donors (Lipinski definition) is 2. The summed E-state index contributed by atoms with van der Waals surface area (Å²) in [6.45, 7) is 6.95. The van der Waals surface area contributed by atoms with E-state index in [0.717, 1.165) is 34.6 Å². The van der Waals surface area contributed by atoms with Gasteiger partial charge in [0.15, 0.2) is 0 Å². The fourth-order valence-corrected chi connectivity index (χ4v) is 2.45.